The second-order valence-corrected chi connectivity index (χ2v) is 3.73. The van der Waals surface area contributed by atoms with E-state index in [1.54, 1.807) is 24.3 Å². The molecule has 15 heavy (non-hydrogen) atoms. The number of azide groups is 1. The van der Waals surface area contributed by atoms with Gasteiger partial charge >= 0.3 is 5.00 Å². The van der Waals surface area contributed by atoms with Crippen LogP contribution in [0, 0.1) is 10.1 Å². The van der Waals surface area contributed by atoms with Gasteiger partial charge in [-0.1, -0.05) is 34.7 Å². The zero-order chi connectivity index (χ0) is 10.8. The SMILES string of the molecule is [N-]=[N+]=Nc1c([N+](=O)[O-])sc2ccccc12. The Hall–Kier alpha value is -2.11. The molecule has 1 aromatic carbocycles. The highest BCUT2D eigenvalue weighted by Gasteiger charge is 2.19. The Kier molecular flexibility index (Phi) is 2.24. The van der Waals surface area contributed by atoms with Crippen molar-refractivity contribution in [2.75, 3.05) is 0 Å². The van der Waals surface area contributed by atoms with E-state index >= 15 is 0 Å². The van der Waals surface area contributed by atoms with Gasteiger partial charge in [-0.15, -0.1) is 0 Å². The van der Waals surface area contributed by atoms with E-state index < -0.39 is 4.92 Å². The van der Waals surface area contributed by atoms with Crippen LogP contribution >= 0.6 is 11.3 Å². The Labute approximate surface area is 87.5 Å². The fourth-order valence-electron chi connectivity index (χ4n) is 1.28. The summed E-state index contributed by atoms with van der Waals surface area (Å²) in [5.41, 5.74) is 8.44. The molecule has 0 amide bonds. The van der Waals surface area contributed by atoms with Gasteiger partial charge in [-0.05, 0) is 11.6 Å². The fourth-order valence-corrected chi connectivity index (χ4v) is 2.24. The van der Waals surface area contributed by atoms with Crippen LogP contribution in [0.2, 0.25) is 0 Å². The van der Waals surface area contributed by atoms with Gasteiger partial charge in [-0.2, -0.15) is 0 Å². The summed E-state index contributed by atoms with van der Waals surface area (Å²) in [4.78, 5) is 12.8. The zero-order valence-corrected chi connectivity index (χ0v) is 8.14. The van der Waals surface area contributed by atoms with Gasteiger partial charge in [0.2, 0.25) is 0 Å². The molecule has 0 atom stereocenters. The van der Waals surface area contributed by atoms with Crippen molar-refractivity contribution in [2.24, 2.45) is 5.11 Å². The normalized spacial score (nSPS) is 9.87. The third-order valence-electron chi connectivity index (χ3n) is 1.86. The van der Waals surface area contributed by atoms with E-state index in [-0.39, 0.29) is 10.7 Å². The van der Waals surface area contributed by atoms with Gasteiger partial charge in [0.25, 0.3) is 0 Å². The van der Waals surface area contributed by atoms with Gasteiger partial charge in [0.05, 0.1) is 4.92 Å². The highest BCUT2D eigenvalue weighted by molar-refractivity contribution is 7.22. The Morgan fingerprint density at radius 3 is 2.87 bits per heavy atom. The molecule has 6 nitrogen and oxygen atoms in total. The predicted molar refractivity (Wildman–Crippen MR) is 57.3 cm³/mol. The maximum absolute atomic E-state index is 10.7. The van der Waals surface area contributed by atoms with Gasteiger partial charge in [-0.3, -0.25) is 10.1 Å². The van der Waals surface area contributed by atoms with Crippen LogP contribution in [0.1, 0.15) is 0 Å². The lowest BCUT2D eigenvalue weighted by Crippen LogP contribution is -1.82. The molecule has 0 saturated carbocycles. The third-order valence-corrected chi connectivity index (χ3v) is 2.97. The first-order valence-corrected chi connectivity index (χ1v) is 4.76. The lowest BCUT2D eigenvalue weighted by Gasteiger charge is -1.87. The number of thiophene rings is 1. The highest BCUT2D eigenvalue weighted by atomic mass is 32.1. The number of nitrogens with zero attached hydrogens (tertiary/aromatic N) is 4. The molecule has 0 aliphatic rings. The first-order chi connectivity index (χ1) is 7.24. The van der Waals surface area contributed by atoms with Gasteiger partial charge in [0, 0.05) is 15.0 Å². The monoisotopic (exact) mass is 220 g/mol. The molecule has 0 aliphatic carbocycles. The van der Waals surface area contributed by atoms with Crippen molar-refractivity contribution in [3.8, 4) is 0 Å². The molecule has 0 fully saturated rings. The Morgan fingerprint density at radius 2 is 2.20 bits per heavy atom. The second kappa shape index (κ2) is 3.56. The number of fused-ring (bicyclic) bond motifs is 1. The van der Waals surface area contributed by atoms with Crippen LogP contribution in [0.3, 0.4) is 0 Å². The van der Waals surface area contributed by atoms with Crippen LogP contribution in [0.25, 0.3) is 20.5 Å². The summed E-state index contributed by atoms with van der Waals surface area (Å²) in [6, 6.07) is 6.98. The number of benzene rings is 1. The van der Waals surface area contributed by atoms with E-state index in [0.717, 1.165) is 16.0 Å². The maximum Gasteiger partial charge on any atom is 0.334 e. The maximum atomic E-state index is 10.7. The Bertz CT molecular complexity index is 585. The van der Waals surface area contributed by atoms with Crippen LogP contribution in [0.15, 0.2) is 29.4 Å². The van der Waals surface area contributed by atoms with Crippen LogP contribution in [-0.4, -0.2) is 4.92 Å². The molecule has 0 saturated heterocycles. The third kappa shape index (κ3) is 1.50. The fraction of sp³-hybridized carbons (Fsp3) is 0. The van der Waals surface area contributed by atoms with E-state index in [4.69, 9.17) is 5.53 Å². The highest BCUT2D eigenvalue weighted by Crippen LogP contribution is 2.43. The molecule has 2 aromatic rings. The molecule has 0 aliphatic heterocycles. The molecule has 0 N–H and O–H groups in total. The summed E-state index contributed by atoms with van der Waals surface area (Å²) >= 11 is 1.01. The van der Waals surface area contributed by atoms with Gasteiger partial charge in [0.1, 0.15) is 5.69 Å². The number of rotatable bonds is 2. The molecule has 0 bridgehead atoms. The largest absolute Gasteiger partial charge is 0.334 e. The predicted octanol–water partition coefficient (Wildman–Crippen LogP) is 3.75. The van der Waals surface area contributed by atoms with Crippen molar-refractivity contribution in [2.45, 2.75) is 0 Å². The second-order valence-electron chi connectivity index (χ2n) is 2.70. The van der Waals surface area contributed by atoms with Crippen LogP contribution in [0.5, 0.6) is 0 Å². The topological polar surface area (TPSA) is 91.9 Å². The van der Waals surface area contributed by atoms with E-state index in [0.29, 0.717) is 5.39 Å². The number of hydrogen-bond acceptors (Lipinski definition) is 4. The van der Waals surface area contributed by atoms with E-state index in [1.165, 1.54) is 0 Å². The summed E-state index contributed by atoms with van der Waals surface area (Å²) in [5, 5.41) is 14.6. The molecule has 1 heterocycles. The average Bonchev–Trinajstić information content (AvgIpc) is 2.58. The molecule has 0 radical (unpaired) electrons. The minimum absolute atomic E-state index is 0.100. The number of nitro groups is 1. The molecular formula is C8H4N4O2S. The zero-order valence-electron chi connectivity index (χ0n) is 7.32. The molecule has 1 aromatic heterocycles. The Morgan fingerprint density at radius 1 is 1.47 bits per heavy atom. The van der Waals surface area contributed by atoms with Crippen LogP contribution in [-0.2, 0) is 0 Å². The smallest absolute Gasteiger partial charge is 0.258 e. The van der Waals surface area contributed by atoms with Crippen LogP contribution in [0.4, 0.5) is 10.7 Å². The summed E-state index contributed by atoms with van der Waals surface area (Å²) < 4.78 is 0.742. The lowest BCUT2D eigenvalue weighted by molar-refractivity contribution is -0.379. The summed E-state index contributed by atoms with van der Waals surface area (Å²) in [7, 11) is 0. The van der Waals surface area contributed by atoms with Crippen molar-refractivity contribution in [3.05, 3.63) is 44.8 Å². The summed E-state index contributed by atoms with van der Waals surface area (Å²) in [6.07, 6.45) is 0. The van der Waals surface area contributed by atoms with Crippen molar-refractivity contribution in [1.82, 2.24) is 0 Å². The minimum Gasteiger partial charge on any atom is -0.258 e. The standard InChI is InChI=1S/C8H4N4O2S/c9-11-10-7-5-3-1-2-4-6(5)15-8(7)12(13)14/h1-4H. The summed E-state index contributed by atoms with van der Waals surface area (Å²) in [5.74, 6) is 0. The Balaban J connectivity index is 2.85. The molecule has 74 valence electrons. The number of hydrogen-bond donors (Lipinski definition) is 0. The lowest BCUT2D eigenvalue weighted by atomic mass is 10.2. The molecule has 2 rings (SSSR count). The van der Waals surface area contributed by atoms with Crippen molar-refractivity contribution >= 4 is 32.1 Å². The average molecular weight is 220 g/mol. The van der Waals surface area contributed by atoms with Gasteiger partial charge in [-0.25, -0.2) is 0 Å². The molecule has 7 heteroatoms. The van der Waals surface area contributed by atoms with E-state index in [1.807, 2.05) is 0 Å². The van der Waals surface area contributed by atoms with Crippen molar-refractivity contribution in [1.29, 1.82) is 0 Å². The molecular weight excluding hydrogens is 216 g/mol. The van der Waals surface area contributed by atoms with Crippen LogP contribution < -0.4 is 0 Å². The first-order valence-electron chi connectivity index (χ1n) is 3.95. The first kappa shape index (κ1) is 9.45. The van der Waals surface area contributed by atoms with Crippen molar-refractivity contribution in [3.63, 3.8) is 0 Å². The minimum atomic E-state index is -0.533. The van der Waals surface area contributed by atoms with E-state index in [2.05, 4.69) is 10.0 Å². The van der Waals surface area contributed by atoms with E-state index in [9.17, 15) is 10.1 Å². The van der Waals surface area contributed by atoms with Gasteiger partial charge < -0.3 is 0 Å². The molecule has 0 spiro atoms. The summed E-state index contributed by atoms with van der Waals surface area (Å²) in [6.45, 7) is 0. The van der Waals surface area contributed by atoms with Crippen molar-refractivity contribution < 1.29 is 4.92 Å². The quantitative estimate of drug-likeness (QED) is 0.253. The molecule has 0 unspecified atom stereocenters. The van der Waals surface area contributed by atoms with Gasteiger partial charge in [0.15, 0.2) is 0 Å².